The zero-order valence-corrected chi connectivity index (χ0v) is 15.5. The third-order valence-corrected chi connectivity index (χ3v) is 4.50. The number of nitrogen functional groups attached to an aromatic ring is 1. The second kappa shape index (κ2) is 8.09. The van der Waals surface area contributed by atoms with Crippen LogP contribution in [0.5, 0.6) is 5.75 Å². The number of ether oxygens (including phenoxy) is 2. The predicted molar refractivity (Wildman–Crippen MR) is 103 cm³/mol. The first-order chi connectivity index (χ1) is 13.0. The number of benzene rings is 2. The summed E-state index contributed by atoms with van der Waals surface area (Å²) in [6.45, 7) is 3.99. The fraction of sp³-hybridized carbons (Fsp3) is 0.300. The van der Waals surface area contributed by atoms with E-state index in [0.29, 0.717) is 54.6 Å². The summed E-state index contributed by atoms with van der Waals surface area (Å²) in [7, 11) is 1.51. The highest BCUT2D eigenvalue weighted by Crippen LogP contribution is 2.27. The Morgan fingerprint density at radius 3 is 2.59 bits per heavy atom. The van der Waals surface area contributed by atoms with Gasteiger partial charge < -0.3 is 25.4 Å². The quantitative estimate of drug-likeness (QED) is 0.807. The molecule has 1 aliphatic rings. The lowest BCUT2D eigenvalue weighted by Crippen LogP contribution is -2.40. The molecule has 3 N–H and O–H groups in total. The van der Waals surface area contributed by atoms with Crippen molar-refractivity contribution in [1.29, 1.82) is 0 Å². The summed E-state index contributed by atoms with van der Waals surface area (Å²) in [6.07, 6.45) is 0. The topological polar surface area (TPSA) is 93.9 Å². The Kier molecular flexibility index (Phi) is 5.61. The molecule has 1 fully saturated rings. The summed E-state index contributed by atoms with van der Waals surface area (Å²) < 4.78 is 10.6. The Bertz CT molecular complexity index is 860. The Balaban J connectivity index is 1.86. The van der Waals surface area contributed by atoms with Crippen LogP contribution in [-0.2, 0) is 4.74 Å². The average molecular weight is 369 g/mol. The first-order valence-electron chi connectivity index (χ1n) is 8.72. The molecule has 7 heteroatoms. The maximum atomic E-state index is 12.7. The Hall–Kier alpha value is -3.06. The van der Waals surface area contributed by atoms with E-state index in [4.69, 9.17) is 15.2 Å². The van der Waals surface area contributed by atoms with Crippen molar-refractivity contribution in [1.82, 2.24) is 4.90 Å². The molecular weight excluding hydrogens is 346 g/mol. The van der Waals surface area contributed by atoms with Crippen molar-refractivity contribution in [2.45, 2.75) is 6.92 Å². The third-order valence-electron chi connectivity index (χ3n) is 4.50. The fourth-order valence-corrected chi connectivity index (χ4v) is 2.96. The molecule has 0 aliphatic carbocycles. The first-order valence-corrected chi connectivity index (χ1v) is 8.72. The molecule has 0 spiro atoms. The van der Waals surface area contributed by atoms with Gasteiger partial charge in [0.1, 0.15) is 5.75 Å². The number of nitrogens with zero attached hydrogens (tertiary/aromatic N) is 1. The molecule has 3 rings (SSSR count). The number of methoxy groups -OCH3 is 1. The molecular formula is C20H23N3O4. The van der Waals surface area contributed by atoms with E-state index in [2.05, 4.69) is 5.32 Å². The van der Waals surface area contributed by atoms with Crippen LogP contribution in [0.15, 0.2) is 36.4 Å². The summed E-state index contributed by atoms with van der Waals surface area (Å²) in [5.41, 5.74) is 8.50. The summed E-state index contributed by atoms with van der Waals surface area (Å²) in [6, 6.07) is 10.2. The molecule has 2 aromatic carbocycles. The van der Waals surface area contributed by atoms with Crippen molar-refractivity contribution in [2.24, 2.45) is 0 Å². The van der Waals surface area contributed by atoms with Gasteiger partial charge in [-0.25, -0.2) is 0 Å². The lowest BCUT2D eigenvalue weighted by Gasteiger charge is -2.27. The van der Waals surface area contributed by atoms with Crippen LogP contribution < -0.4 is 15.8 Å². The van der Waals surface area contributed by atoms with Gasteiger partial charge in [-0.15, -0.1) is 0 Å². The lowest BCUT2D eigenvalue weighted by atomic mass is 10.1. The SMILES string of the molecule is COc1ccc(C(=O)N2CCOCC2)cc1NC(=O)c1cc(N)ccc1C. The summed E-state index contributed by atoms with van der Waals surface area (Å²) >= 11 is 0. The van der Waals surface area contributed by atoms with Crippen LogP contribution in [0, 0.1) is 6.92 Å². The minimum absolute atomic E-state index is 0.100. The number of hydrogen-bond donors (Lipinski definition) is 2. The van der Waals surface area contributed by atoms with Gasteiger partial charge in [0, 0.05) is 29.9 Å². The largest absolute Gasteiger partial charge is 0.495 e. The van der Waals surface area contributed by atoms with E-state index in [9.17, 15) is 9.59 Å². The number of nitrogens with one attached hydrogen (secondary N) is 1. The number of carbonyl (C=O) groups excluding carboxylic acids is 2. The van der Waals surface area contributed by atoms with Gasteiger partial charge in [-0.3, -0.25) is 9.59 Å². The van der Waals surface area contributed by atoms with Gasteiger partial charge in [-0.05, 0) is 42.8 Å². The minimum Gasteiger partial charge on any atom is -0.495 e. The third kappa shape index (κ3) is 4.20. The van der Waals surface area contributed by atoms with E-state index >= 15 is 0 Å². The van der Waals surface area contributed by atoms with E-state index in [1.807, 2.05) is 6.92 Å². The molecule has 1 aliphatic heterocycles. The number of amides is 2. The van der Waals surface area contributed by atoms with Crippen LogP contribution in [0.3, 0.4) is 0 Å². The number of rotatable bonds is 4. The van der Waals surface area contributed by atoms with Gasteiger partial charge in [-0.2, -0.15) is 0 Å². The normalized spacial score (nSPS) is 13.9. The molecule has 27 heavy (non-hydrogen) atoms. The highest BCUT2D eigenvalue weighted by atomic mass is 16.5. The molecule has 2 aromatic rings. The summed E-state index contributed by atoms with van der Waals surface area (Å²) in [5, 5.41) is 2.83. The van der Waals surface area contributed by atoms with Crippen molar-refractivity contribution in [2.75, 3.05) is 44.5 Å². The number of morpholine rings is 1. The monoisotopic (exact) mass is 369 g/mol. The van der Waals surface area contributed by atoms with Crippen LogP contribution in [-0.4, -0.2) is 50.1 Å². The van der Waals surface area contributed by atoms with Crippen LogP contribution in [0.25, 0.3) is 0 Å². The summed E-state index contributed by atoms with van der Waals surface area (Å²) in [4.78, 5) is 27.1. The zero-order valence-electron chi connectivity index (χ0n) is 15.5. The van der Waals surface area contributed by atoms with Gasteiger partial charge in [0.2, 0.25) is 0 Å². The van der Waals surface area contributed by atoms with Gasteiger partial charge in [-0.1, -0.05) is 6.07 Å². The number of carbonyl (C=O) groups is 2. The van der Waals surface area contributed by atoms with Crippen molar-refractivity contribution in [3.8, 4) is 5.75 Å². The van der Waals surface area contributed by atoms with E-state index < -0.39 is 0 Å². The van der Waals surface area contributed by atoms with E-state index in [0.717, 1.165) is 5.56 Å². The van der Waals surface area contributed by atoms with Gasteiger partial charge in [0.15, 0.2) is 0 Å². The highest BCUT2D eigenvalue weighted by molar-refractivity contribution is 6.07. The maximum absolute atomic E-state index is 12.7. The van der Waals surface area contributed by atoms with Crippen LogP contribution in [0.2, 0.25) is 0 Å². The highest BCUT2D eigenvalue weighted by Gasteiger charge is 2.20. The molecule has 1 saturated heterocycles. The minimum atomic E-state index is -0.311. The average Bonchev–Trinajstić information content (AvgIpc) is 2.69. The molecule has 0 bridgehead atoms. The second-order valence-electron chi connectivity index (χ2n) is 6.35. The summed E-state index contributed by atoms with van der Waals surface area (Å²) in [5.74, 6) is 0.0640. The van der Waals surface area contributed by atoms with Crippen molar-refractivity contribution in [3.05, 3.63) is 53.1 Å². The van der Waals surface area contributed by atoms with Gasteiger partial charge in [0.25, 0.3) is 11.8 Å². The number of hydrogen-bond acceptors (Lipinski definition) is 5. The first kappa shape index (κ1) is 18.7. The second-order valence-corrected chi connectivity index (χ2v) is 6.35. The van der Waals surface area contributed by atoms with Gasteiger partial charge in [0.05, 0.1) is 26.0 Å². The molecule has 0 saturated carbocycles. The van der Waals surface area contributed by atoms with Crippen LogP contribution in [0.4, 0.5) is 11.4 Å². The fourth-order valence-electron chi connectivity index (χ4n) is 2.96. The smallest absolute Gasteiger partial charge is 0.256 e. The molecule has 7 nitrogen and oxygen atoms in total. The molecule has 1 heterocycles. The molecule has 0 atom stereocenters. The number of aryl methyl sites for hydroxylation is 1. The molecule has 0 unspecified atom stereocenters. The van der Waals surface area contributed by atoms with Crippen LogP contribution >= 0.6 is 0 Å². The van der Waals surface area contributed by atoms with E-state index in [1.54, 1.807) is 41.3 Å². The number of nitrogens with two attached hydrogens (primary N) is 1. The molecule has 0 aromatic heterocycles. The molecule has 142 valence electrons. The zero-order chi connectivity index (χ0) is 19.4. The number of anilines is 2. The Labute approximate surface area is 158 Å². The lowest BCUT2D eigenvalue weighted by molar-refractivity contribution is 0.0303. The van der Waals surface area contributed by atoms with E-state index in [1.165, 1.54) is 7.11 Å². The standard InChI is InChI=1S/C20H23N3O4/c1-13-3-5-15(21)12-16(13)19(24)22-17-11-14(4-6-18(17)26-2)20(25)23-7-9-27-10-8-23/h3-6,11-12H,7-10,21H2,1-2H3,(H,22,24). The molecule has 0 radical (unpaired) electrons. The predicted octanol–water partition coefficient (Wildman–Crippen LogP) is 2.31. The Morgan fingerprint density at radius 2 is 1.89 bits per heavy atom. The van der Waals surface area contributed by atoms with E-state index in [-0.39, 0.29) is 11.8 Å². The van der Waals surface area contributed by atoms with Crippen molar-refractivity contribution < 1.29 is 19.1 Å². The van der Waals surface area contributed by atoms with Gasteiger partial charge >= 0.3 is 0 Å². The maximum Gasteiger partial charge on any atom is 0.256 e. The molecule has 2 amide bonds. The van der Waals surface area contributed by atoms with Crippen molar-refractivity contribution >= 4 is 23.2 Å². The Morgan fingerprint density at radius 1 is 1.15 bits per heavy atom. The van der Waals surface area contributed by atoms with Crippen molar-refractivity contribution in [3.63, 3.8) is 0 Å². The van der Waals surface area contributed by atoms with Crippen LogP contribution in [0.1, 0.15) is 26.3 Å².